The van der Waals surface area contributed by atoms with Crippen LogP contribution >= 0.6 is 0 Å². The molecule has 1 aromatic rings. The van der Waals surface area contributed by atoms with Gasteiger partial charge in [-0.1, -0.05) is 26.3 Å². The van der Waals surface area contributed by atoms with Crippen molar-refractivity contribution >= 4 is 5.69 Å². The summed E-state index contributed by atoms with van der Waals surface area (Å²) < 4.78 is 0. The molecular weight excluding hydrogens is 220 g/mol. The Hall–Kier alpha value is -1.02. The lowest BCUT2D eigenvalue weighted by Crippen LogP contribution is -2.20. The standard InChI is InChI=1S/C16H26N2/c1-4-14-8-9-18(12-14)16-7-6-15(11-17-5-2)13(3)10-16/h6-7,10,14,17H,4-5,8-9,11-12H2,1-3H3. The van der Waals surface area contributed by atoms with E-state index in [0.717, 1.165) is 19.0 Å². The van der Waals surface area contributed by atoms with Gasteiger partial charge in [-0.2, -0.15) is 0 Å². The highest BCUT2D eigenvalue weighted by molar-refractivity contribution is 5.51. The van der Waals surface area contributed by atoms with Gasteiger partial charge in [-0.3, -0.25) is 0 Å². The van der Waals surface area contributed by atoms with Crippen LogP contribution in [0.3, 0.4) is 0 Å². The first kappa shape index (κ1) is 13.4. The van der Waals surface area contributed by atoms with Crippen molar-refractivity contribution in [3.63, 3.8) is 0 Å². The summed E-state index contributed by atoms with van der Waals surface area (Å²) in [6.07, 6.45) is 2.67. The molecule has 1 saturated heterocycles. The molecule has 0 radical (unpaired) electrons. The third kappa shape index (κ3) is 3.05. The minimum atomic E-state index is 0.895. The SMILES string of the molecule is CCNCc1ccc(N2CCC(CC)C2)cc1C. The minimum Gasteiger partial charge on any atom is -0.371 e. The average molecular weight is 246 g/mol. The fraction of sp³-hybridized carbons (Fsp3) is 0.625. The molecule has 18 heavy (non-hydrogen) atoms. The molecule has 1 unspecified atom stereocenters. The van der Waals surface area contributed by atoms with E-state index >= 15 is 0 Å². The molecule has 0 saturated carbocycles. The molecule has 1 heterocycles. The van der Waals surface area contributed by atoms with Gasteiger partial charge in [0.2, 0.25) is 0 Å². The summed E-state index contributed by atoms with van der Waals surface area (Å²) in [6.45, 7) is 11.2. The third-order valence-corrected chi connectivity index (χ3v) is 4.12. The molecule has 100 valence electrons. The number of nitrogens with zero attached hydrogens (tertiary/aromatic N) is 1. The Balaban J connectivity index is 2.04. The van der Waals surface area contributed by atoms with Crippen molar-refractivity contribution in [1.82, 2.24) is 5.32 Å². The van der Waals surface area contributed by atoms with Crippen molar-refractivity contribution < 1.29 is 0 Å². The molecule has 2 rings (SSSR count). The first-order valence-corrected chi connectivity index (χ1v) is 7.29. The molecule has 1 atom stereocenters. The van der Waals surface area contributed by atoms with Crippen molar-refractivity contribution in [2.24, 2.45) is 5.92 Å². The molecule has 1 aliphatic rings. The van der Waals surface area contributed by atoms with Gasteiger partial charge in [0.25, 0.3) is 0 Å². The second-order valence-corrected chi connectivity index (χ2v) is 5.40. The van der Waals surface area contributed by atoms with Gasteiger partial charge in [-0.05, 0) is 49.1 Å². The molecular formula is C16H26N2. The quantitative estimate of drug-likeness (QED) is 0.857. The van der Waals surface area contributed by atoms with Crippen LogP contribution in [0.2, 0.25) is 0 Å². The number of aryl methyl sites for hydroxylation is 1. The second-order valence-electron chi connectivity index (χ2n) is 5.40. The zero-order valence-corrected chi connectivity index (χ0v) is 12.0. The van der Waals surface area contributed by atoms with Crippen molar-refractivity contribution in [1.29, 1.82) is 0 Å². The van der Waals surface area contributed by atoms with Crippen LogP contribution in [0.25, 0.3) is 0 Å². The molecule has 2 nitrogen and oxygen atoms in total. The molecule has 0 aliphatic carbocycles. The Morgan fingerprint density at radius 1 is 1.33 bits per heavy atom. The highest BCUT2D eigenvalue weighted by Gasteiger charge is 2.21. The molecule has 0 bridgehead atoms. The Kier molecular flexibility index (Phi) is 4.65. The Bertz CT molecular complexity index is 387. The lowest BCUT2D eigenvalue weighted by Gasteiger charge is -2.20. The van der Waals surface area contributed by atoms with Gasteiger partial charge in [0.1, 0.15) is 0 Å². The van der Waals surface area contributed by atoms with Crippen LogP contribution in [0.1, 0.15) is 37.8 Å². The van der Waals surface area contributed by atoms with Gasteiger partial charge >= 0.3 is 0 Å². The zero-order valence-electron chi connectivity index (χ0n) is 12.0. The Labute approximate surface area is 111 Å². The summed E-state index contributed by atoms with van der Waals surface area (Å²) in [5.41, 5.74) is 4.24. The topological polar surface area (TPSA) is 15.3 Å². The fourth-order valence-corrected chi connectivity index (χ4v) is 2.74. The molecule has 0 aromatic heterocycles. The van der Waals surface area contributed by atoms with E-state index in [-0.39, 0.29) is 0 Å². The van der Waals surface area contributed by atoms with Crippen LogP contribution in [0.4, 0.5) is 5.69 Å². The molecule has 1 N–H and O–H groups in total. The summed E-state index contributed by atoms with van der Waals surface area (Å²) in [5, 5.41) is 3.40. The van der Waals surface area contributed by atoms with Gasteiger partial charge in [0, 0.05) is 25.3 Å². The van der Waals surface area contributed by atoms with Crippen molar-refractivity contribution in [2.45, 2.75) is 40.2 Å². The predicted molar refractivity (Wildman–Crippen MR) is 79.2 cm³/mol. The van der Waals surface area contributed by atoms with Gasteiger partial charge in [-0.25, -0.2) is 0 Å². The van der Waals surface area contributed by atoms with E-state index in [0.29, 0.717) is 0 Å². The van der Waals surface area contributed by atoms with Crippen molar-refractivity contribution in [3.8, 4) is 0 Å². The van der Waals surface area contributed by atoms with Crippen LogP contribution in [-0.4, -0.2) is 19.6 Å². The summed E-state index contributed by atoms with van der Waals surface area (Å²) in [6, 6.07) is 6.93. The lowest BCUT2D eigenvalue weighted by atomic mass is 10.1. The second kappa shape index (κ2) is 6.24. The minimum absolute atomic E-state index is 0.895. The van der Waals surface area contributed by atoms with Gasteiger partial charge in [-0.15, -0.1) is 0 Å². The number of hydrogen-bond donors (Lipinski definition) is 1. The highest BCUT2D eigenvalue weighted by atomic mass is 15.1. The normalized spacial score (nSPS) is 19.5. The van der Waals surface area contributed by atoms with Crippen molar-refractivity contribution in [2.75, 3.05) is 24.5 Å². The number of rotatable bonds is 5. The predicted octanol–water partition coefficient (Wildman–Crippen LogP) is 3.34. The van der Waals surface area contributed by atoms with Crippen molar-refractivity contribution in [3.05, 3.63) is 29.3 Å². The first-order chi connectivity index (χ1) is 8.74. The molecule has 1 aliphatic heterocycles. The van der Waals surface area contributed by atoms with Crippen LogP contribution in [-0.2, 0) is 6.54 Å². The number of nitrogens with one attached hydrogen (secondary N) is 1. The molecule has 1 aromatic carbocycles. The monoisotopic (exact) mass is 246 g/mol. The Morgan fingerprint density at radius 2 is 2.17 bits per heavy atom. The van der Waals surface area contributed by atoms with E-state index in [9.17, 15) is 0 Å². The van der Waals surface area contributed by atoms with E-state index in [2.05, 4.69) is 49.2 Å². The van der Waals surface area contributed by atoms with Gasteiger partial charge < -0.3 is 10.2 Å². The maximum absolute atomic E-state index is 3.40. The van der Waals surface area contributed by atoms with E-state index in [1.807, 2.05) is 0 Å². The summed E-state index contributed by atoms with van der Waals surface area (Å²) in [5.74, 6) is 0.895. The number of anilines is 1. The first-order valence-electron chi connectivity index (χ1n) is 7.29. The summed E-state index contributed by atoms with van der Waals surface area (Å²) in [4.78, 5) is 2.54. The van der Waals surface area contributed by atoms with Crippen LogP contribution < -0.4 is 10.2 Å². The third-order valence-electron chi connectivity index (χ3n) is 4.12. The van der Waals surface area contributed by atoms with Crippen LogP contribution in [0, 0.1) is 12.8 Å². The van der Waals surface area contributed by atoms with E-state index < -0.39 is 0 Å². The summed E-state index contributed by atoms with van der Waals surface area (Å²) in [7, 11) is 0. The number of hydrogen-bond acceptors (Lipinski definition) is 2. The number of benzene rings is 1. The molecule has 1 fully saturated rings. The molecule has 2 heteroatoms. The van der Waals surface area contributed by atoms with Crippen LogP contribution in [0.5, 0.6) is 0 Å². The van der Waals surface area contributed by atoms with Gasteiger partial charge in [0.05, 0.1) is 0 Å². The largest absolute Gasteiger partial charge is 0.371 e. The van der Waals surface area contributed by atoms with E-state index in [1.54, 1.807) is 0 Å². The average Bonchev–Trinajstić information content (AvgIpc) is 2.86. The van der Waals surface area contributed by atoms with Gasteiger partial charge in [0.15, 0.2) is 0 Å². The Morgan fingerprint density at radius 3 is 2.78 bits per heavy atom. The highest BCUT2D eigenvalue weighted by Crippen LogP contribution is 2.27. The van der Waals surface area contributed by atoms with E-state index in [4.69, 9.17) is 0 Å². The maximum atomic E-state index is 3.40. The molecule has 0 spiro atoms. The smallest absolute Gasteiger partial charge is 0.0369 e. The zero-order chi connectivity index (χ0) is 13.0. The van der Waals surface area contributed by atoms with Crippen LogP contribution in [0.15, 0.2) is 18.2 Å². The lowest BCUT2D eigenvalue weighted by molar-refractivity contribution is 0.569. The van der Waals surface area contributed by atoms with E-state index in [1.165, 1.54) is 42.7 Å². The fourth-order valence-electron chi connectivity index (χ4n) is 2.74. The summed E-state index contributed by atoms with van der Waals surface area (Å²) >= 11 is 0. The molecule has 0 amide bonds. The maximum Gasteiger partial charge on any atom is 0.0369 e.